The Morgan fingerprint density at radius 2 is 1.75 bits per heavy atom. The van der Waals surface area contributed by atoms with Crippen LogP contribution >= 0.6 is 0 Å². The van der Waals surface area contributed by atoms with Crippen LogP contribution in [0.1, 0.15) is 38.5 Å². The minimum atomic E-state index is -3.01. The Balaban J connectivity index is 1.67. The molecule has 16 heavy (non-hydrogen) atoms. The number of ether oxygens (including phenoxy) is 1. The fourth-order valence-corrected chi connectivity index (χ4v) is 4.64. The molecular weight excluding hydrogens is 226 g/mol. The summed E-state index contributed by atoms with van der Waals surface area (Å²) < 4.78 is 32.1. The van der Waals surface area contributed by atoms with E-state index in [9.17, 15) is 8.42 Å². The monoisotopic (exact) mass is 245 g/mol. The van der Waals surface area contributed by atoms with E-state index in [1.165, 1.54) is 0 Å². The maximum absolute atomic E-state index is 11.9. The number of nitrogens with one attached hydrogen (secondary N) is 1. The Hall–Kier alpha value is -0.130. The minimum absolute atomic E-state index is 0.0926. The van der Waals surface area contributed by atoms with Gasteiger partial charge in [-0.3, -0.25) is 0 Å². The standard InChI is InChI=1S/C11H19NO3S/c13-16(14,9-1-2-9)12-10-3-4-11(10)5-7-15-8-6-11/h9-10,12H,1-8H2. The van der Waals surface area contributed by atoms with Crippen molar-refractivity contribution < 1.29 is 13.2 Å². The van der Waals surface area contributed by atoms with Crippen molar-refractivity contribution in [2.75, 3.05) is 13.2 Å². The lowest BCUT2D eigenvalue weighted by molar-refractivity contribution is -0.0483. The number of sulfonamides is 1. The fraction of sp³-hybridized carbons (Fsp3) is 1.00. The topological polar surface area (TPSA) is 55.4 Å². The Labute approximate surface area is 96.8 Å². The third-order valence-electron chi connectivity index (χ3n) is 4.43. The van der Waals surface area contributed by atoms with Gasteiger partial charge in [-0.25, -0.2) is 13.1 Å². The number of rotatable bonds is 3. The van der Waals surface area contributed by atoms with Gasteiger partial charge in [-0.15, -0.1) is 0 Å². The average molecular weight is 245 g/mol. The second kappa shape index (κ2) is 3.68. The van der Waals surface area contributed by atoms with Gasteiger partial charge in [-0.2, -0.15) is 0 Å². The molecule has 0 bridgehead atoms. The predicted molar refractivity (Wildman–Crippen MR) is 60.6 cm³/mol. The molecule has 1 spiro atoms. The Bertz CT molecular complexity index is 369. The van der Waals surface area contributed by atoms with Crippen LogP contribution in [-0.2, 0) is 14.8 Å². The molecule has 92 valence electrons. The molecule has 4 nitrogen and oxygen atoms in total. The molecule has 1 heterocycles. The Morgan fingerprint density at radius 3 is 2.25 bits per heavy atom. The maximum atomic E-state index is 11.9. The van der Waals surface area contributed by atoms with E-state index in [0.29, 0.717) is 0 Å². The summed E-state index contributed by atoms with van der Waals surface area (Å²) in [5, 5.41) is -0.0926. The van der Waals surface area contributed by atoms with Crippen LogP contribution in [0.15, 0.2) is 0 Å². The number of hydrogen-bond acceptors (Lipinski definition) is 3. The molecule has 3 fully saturated rings. The van der Waals surface area contributed by atoms with Crippen molar-refractivity contribution in [3.63, 3.8) is 0 Å². The molecule has 3 rings (SSSR count). The first-order valence-electron chi connectivity index (χ1n) is 6.21. The molecule has 1 aliphatic heterocycles. The molecule has 0 aromatic heterocycles. The van der Waals surface area contributed by atoms with Gasteiger partial charge in [-0.05, 0) is 43.9 Å². The van der Waals surface area contributed by atoms with Crippen LogP contribution in [0.4, 0.5) is 0 Å². The molecule has 0 radical (unpaired) electrons. The van der Waals surface area contributed by atoms with Crippen molar-refractivity contribution >= 4 is 10.0 Å². The minimum Gasteiger partial charge on any atom is -0.381 e. The van der Waals surface area contributed by atoms with Crippen LogP contribution in [0.25, 0.3) is 0 Å². The van der Waals surface area contributed by atoms with E-state index in [1.807, 2.05) is 0 Å². The summed E-state index contributed by atoms with van der Waals surface area (Å²) in [6.07, 6.45) is 5.90. The van der Waals surface area contributed by atoms with Gasteiger partial charge in [0.15, 0.2) is 0 Å². The predicted octanol–water partition coefficient (Wildman–Crippen LogP) is 1.03. The molecule has 0 aromatic rings. The Morgan fingerprint density at radius 1 is 1.06 bits per heavy atom. The van der Waals surface area contributed by atoms with Crippen molar-refractivity contribution in [2.45, 2.75) is 49.8 Å². The van der Waals surface area contributed by atoms with Crippen molar-refractivity contribution in [3.05, 3.63) is 0 Å². The summed E-state index contributed by atoms with van der Waals surface area (Å²) in [6.45, 7) is 1.59. The van der Waals surface area contributed by atoms with Crippen LogP contribution in [-0.4, -0.2) is 32.9 Å². The van der Waals surface area contributed by atoms with Crippen molar-refractivity contribution in [3.8, 4) is 0 Å². The van der Waals surface area contributed by atoms with E-state index in [0.717, 1.165) is 51.7 Å². The van der Waals surface area contributed by atoms with Gasteiger partial charge in [-0.1, -0.05) is 0 Å². The number of hydrogen-bond donors (Lipinski definition) is 1. The van der Waals surface area contributed by atoms with E-state index in [2.05, 4.69) is 4.72 Å². The lowest BCUT2D eigenvalue weighted by Crippen LogP contribution is -2.57. The molecule has 1 atom stereocenters. The first kappa shape index (κ1) is 11.0. The van der Waals surface area contributed by atoms with E-state index < -0.39 is 10.0 Å². The first-order chi connectivity index (χ1) is 7.62. The van der Waals surface area contributed by atoms with Gasteiger partial charge < -0.3 is 4.74 Å². The first-order valence-corrected chi connectivity index (χ1v) is 7.76. The van der Waals surface area contributed by atoms with E-state index in [-0.39, 0.29) is 16.7 Å². The highest BCUT2D eigenvalue weighted by atomic mass is 32.2. The van der Waals surface area contributed by atoms with E-state index >= 15 is 0 Å². The molecule has 0 amide bonds. The third-order valence-corrected chi connectivity index (χ3v) is 6.39. The molecule has 1 N–H and O–H groups in total. The normalized spacial score (nSPS) is 33.6. The average Bonchev–Trinajstić information content (AvgIpc) is 3.10. The lowest BCUT2D eigenvalue weighted by Gasteiger charge is -2.51. The smallest absolute Gasteiger partial charge is 0.214 e. The third kappa shape index (κ3) is 1.79. The van der Waals surface area contributed by atoms with Crippen LogP contribution < -0.4 is 4.72 Å². The molecular formula is C11H19NO3S. The molecule has 0 aromatic carbocycles. The van der Waals surface area contributed by atoms with Crippen LogP contribution in [0, 0.1) is 5.41 Å². The van der Waals surface area contributed by atoms with Crippen LogP contribution in [0.3, 0.4) is 0 Å². The van der Waals surface area contributed by atoms with Gasteiger partial charge in [0.05, 0.1) is 5.25 Å². The van der Waals surface area contributed by atoms with E-state index in [1.54, 1.807) is 0 Å². The highest BCUT2D eigenvalue weighted by Crippen LogP contribution is 2.49. The largest absolute Gasteiger partial charge is 0.381 e. The fourth-order valence-electron chi connectivity index (χ4n) is 2.93. The summed E-state index contributed by atoms with van der Waals surface area (Å²) in [5.74, 6) is 0. The quantitative estimate of drug-likeness (QED) is 0.808. The zero-order valence-corrected chi connectivity index (χ0v) is 10.3. The summed E-state index contributed by atoms with van der Waals surface area (Å²) in [6, 6.07) is 0.182. The zero-order valence-electron chi connectivity index (χ0n) is 9.44. The molecule has 2 aliphatic carbocycles. The summed E-state index contributed by atoms with van der Waals surface area (Å²) in [5.41, 5.74) is 0.222. The summed E-state index contributed by atoms with van der Waals surface area (Å²) >= 11 is 0. The second-order valence-corrected chi connectivity index (χ2v) is 7.42. The SMILES string of the molecule is O=S(=O)(NC1CCC12CCOCC2)C1CC1. The molecule has 1 unspecified atom stereocenters. The van der Waals surface area contributed by atoms with Crippen molar-refractivity contribution in [2.24, 2.45) is 5.41 Å². The summed E-state index contributed by atoms with van der Waals surface area (Å²) in [4.78, 5) is 0. The lowest BCUT2D eigenvalue weighted by atomic mass is 9.60. The van der Waals surface area contributed by atoms with Crippen molar-refractivity contribution in [1.82, 2.24) is 4.72 Å². The molecule has 2 saturated carbocycles. The van der Waals surface area contributed by atoms with Gasteiger partial charge in [0.2, 0.25) is 10.0 Å². The molecule has 1 saturated heterocycles. The van der Waals surface area contributed by atoms with Gasteiger partial charge in [0.1, 0.15) is 0 Å². The van der Waals surface area contributed by atoms with Gasteiger partial charge in [0.25, 0.3) is 0 Å². The van der Waals surface area contributed by atoms with Crippen molar-refractivity contribution in [1.29, 1.82) is 0 Å². The van der Waals surface area contributed by atoms with E-state index in [4.69, 9.17) is 4.74 Å². The zero-order chi connectivity index (χ0) is 11.2. The van der Waals surface area contributed by atoms with Gasteiger partial charge in [0, 0.05) is 19.3 Å². The van der Waals surface area contributed by atoms with Gasteiger partial charge >= 0.3 is 0 Å². The second-order valence-electron chi connectivity index (χ2n) is 5.43. The highest BCUT2D eigenvalue weighted by Gasteiger charge is 2.50. The van der Waals surface area contributed by atoms with Crippen LogP contribution in [0.5, 0.6) is 0 Å². The Kier molecular flexibility index (Phi) is 2.53. The molecule has 3 aliphatic rings. The highest BCUT2D eigenvalue weighted by molar-refractivity contribution is 7.90. The maximum Gasteiger partial charge on any atom is 0.214 e. The summed E-state index contributed by atoms with van der Waals surface area (Å²) in [7, 11) is -3.01. The molecule has 5 heteroatoms. The van der Waals surface area contributed by atoms with Crippen LogP contribution in [0.2, 0.25) is 0 Å².